The van der Waals surface area contributed by atoms with Gasteiger partial charge in [0, 0.05) is 11.8 Å². The molecule has 0 aliphatic carbocycles. The maximum absolute atomic E-state index is 12.0. The molecule has 5 heteroatoms. The number of rotatable bonds is 5. The van der Waals surface area contributed by atoms with E-state index >= 15 is 0 Å². The van der Waals surface area contributed by atoms with Gasteiger partial charge in [0.2, 0.25) is 0 Å². The Morgan fingerprint density at radius 3 is 2.50 bits per heavy atom. The van der Waals surface area contributed by atoms with E-state index in [0.29, 0.717) is 12.4 Å². The molecule has 0 amide bonds. The lowest BCUT2D eigenvalue weighted by Gasteiger charge is -2.08. The molecule has 106 valence electrons. The number of nitrogens with zero attached hydrogens (tertiary/aromatic N) is 2. The summed E-state index contributed by atoms with van der Waals surface area (Å²) in [5.41, 5.74) is 1.62. The lowest BCUT2D eigenvalue weighted by molar-refractivity contribution is 0.0818. The molecule has 2 aromatic rings. The summed E-state index contributed by atoms with van der Waals surface area (Å²) >= 11 is 0. The molecule has 5 nitrogen and oxygen atoms in total. The molecule has 0 aliphatic heterocycles. The molecule has 0 atom stereocenters. The average molecular weight is 274 g/mol. The van der Waals surface area contributed by atoms with E-state index in [4.69, 9.17) is 9.47 Å². The van der Waals surface area contributed by atoms with E-state index in [1.54, 1.807) is 12.1 Å². The van der Waals surface area contributed by atoms with Gasteiger partial charge in [-0.2, -0.15) is 5.10 Å². The number of benzene rings is 1. The van der Waals surface area contributed by atoms with Gasteiger partial charge in [-0.15, -0.1) is 0 Å². The van der Waals surface area contributed by atoms with Crippen LogP contribution in [-0.2, 0) is 0 Å². The average Bonchev–Trinajstić information content (AvgIpc) is 2.76. The van der Waals surface area contributed by atoms with Crippen molar-refractivity contribution < 1.29 is 14.3 Å². The molecule has 0 spiro atoms. The van der Waals surface area contributed by atoms with E-state index in [1.165, 1.54) is 4.68 Å². The molecule has 1 aromatic heterocycles. The van der Waals surface area contributed by atoms with E-state index in [9.17, 15) is 4.79 Å². The Morgan fingerprint density at radius 1 is 1.20 bits per heavy atom. The summed E-state index contributed by atoms with van der Waals surface area (Å²) in [7, 11) is 0. The summed E-state index contributed by atoms with van der Waals surface area (Å²) in [6.45, 7) is 6.14. The summed E-state index contributed by atoms with van der Waals surface area (Å²) < 4.78 is 12.2. The zero-order valence-electron chi connectivity index (χ0n) is 11.9. The lowest BCUT2D eigenvalue weighted by atomic mass is 10.3. The molecule has 0 aliphatic rings. The number of hydrogen-bond donors (Lipinski definition) is 0. The predicted octanol–water partition coefficient (Wildman–Crippen LogP) is 2.62. The standard InChI is InChI=1S/C15H18N2O3/c1-4-19-13-6-5-7-14(9-13)20-10-15(18)17-12(3)8-11(2)16-17/h5-9H,4,10H2,1-3H3. The number of carbonyl (C=O) groups is 1. The topological polar surface area (TPSA) is 53.4 Å². The third kappa shape index (κ3) is 3.38. The quantitative estimate of drug-likeness (QED) is 0.841. The second-order valence-corrected chi connectivity index (χ2v) is 4.43. The van der Waals surface area contributed by atoms with Crippen LogP contribution in [0.1, 0.15) is 23.1 Å². The van der Waals surface area contributed by atoms with Gasteiger partial charge in [0.15, 0.2) is 6.61 Å². The first-order valence-corrected chi connectivity index (χ1v) is 6.52. The van der Waals surface area contributed by atoms with Gasteiger partial charge in [0.25, 0.3) is 5.91 Å². The number of ether oxygens (including phenoxy) is 2. The van der Waals surface area contributed by atoms with Crippen molar-refractivity contribution in [3.63, 3.8) is 0 Å². The van der Waals surface area contributed by atoms with E-state index in [1.807, 2.05) is 39.0 Å². The first-order valence-electron chi connectivity index (χ1n) is 6.52. The van der Waals surface area contributed by atoms with Crippen molar-refractivity contribution in [2.75, 3.05) is 13.2 Å². The summed E-state index contributed by atoms with van der Waals surface area (Å²) in [6, 6.07) is 9.08. The largest absolute Gasteiger partial charge is 0.494 e. The number of hydrogen-bond acceptors (Lipinski definition) is 4. The molecule has 0 saturated carbocycles. The minimum Gasteiger partial charge on any atom is -0.494 e. The molecule has 1 heterocycles. The molecule has 0 unspecified atom stereocenters. The van der Waals surface area contributed by atoms with Crippen LogP contribution < -0.4 is 9.47 Å². The highest BCUT2D eigenvalue weighted by atomic mass is 16.5. The fourth-order valence-electron chi connectivity index (χ4n) is 1.91. The molecule has 0 N–H and O–H groups in total. The van der Waals surface area contributed by atoms with Gasteiger partial charge < -0.3 is 9.47 Å². The second kappa shape index (κ2) is 6.23. The summed E-state index contributed by atoms with van der Waals surface area (Å²) in [6.07, 6.45) is 0. The highest BCUT2D eigenvalue weighted by Crippen LogP contribution is 2.19. The van der Waals surface area contributed by atoms with Gasteiger partial charge in [0.05, 0.1) is 12.3 Å². The number of aryl methyl sites for hydroxylation is 2. The third-order valence-electron chi connectivity index (χ3n) is 2.72. The van der Waals surface area contributed by atoms with Gasteiger partial charge in [-0.05, 0) is 39.0 Å². The van der Waals surface area contributed by atoms with Gasteiger partial charge in [-0.25, -0.2) is 4.68 Å². The summed E-state index contributed by atoms with van der Waals surface area (Å²) in [5.74, 6) is 1.13. The van der Waals surface area contributed by atoms with Crippen LogP contribution in [0.25, 0.3) is 0 Å². The molecule has 20 heavy (non-hydrogen) atoms. The van der Waals surface area contributed by atoms with Crippen molar-refractivity contribution in [3.05, 3.63) is 41.7 Å². The van der Waals surface area contributed by atoms with Crippen molar-refractivity contribution in [2.24, 2.45) is 0 Å². The first-order chi connectivity index (χ1) is 9.60. The van der Waals surface area contributed by atoms with Gasteiger partial charge in [-0.3, -0.25) is 4.79 Å². The smallest absolute Gasteiger partial charge is 0.284 e. The van der Waals surface area contributed by atoms with E-state index < -0.39 is 0 Å². The Labute approximate surface area is 118 Å². The monoisotopic (exact) mass is 274 g/mol. The van der Waals surface area contributed by atoms with Crippen molar-refractivity contribution in [1.29, 1.82) is 0 Å². The van der Waals surface area contributed by atoms with Crippen LogP contribution >= 0.6 is 0 Å². The summed E-state index contributed by atoms with van der Waals surface area (Å²) in [5, 5.41) is 4.13. The molecule has 2 rings (SSSR count). The summed E-state index contributed by atoms with van der Waals surface area (Å²) in [4.78, 5) is 12.0. The molecule has 0 saturated heterocycles. The van der Waals surface area contributed by atoms with Crippen LogP contribution in [0.15, 0.2) is 30.3 Å². The minimum absolute atomic E-state index is 0.0580. The lowest BCUT2D eigenvalue weighted by Crippen LogP contribution is -2.21. The third-order valence-corrected chi connectivity index (χ3v) is 2.72. The molecular formula is C15H18N2O3. The normalized spacial score (nSPS) is 10.3. The highest BCUT2D eigenvalue weighted by molar-refractivity contribution is 5.80. The predicted molar refractivity (Wildman–Crippen MR) is 75.4 cm³/mol. The van der Waals surface area contributed by atoms with E-state index in [2.05, 4.69) is 5.10 Å². The maximum Gasteiger partial charge on any atom is 0.284 e. The van der Waals surface area contributed by atoms with Crippen LogP contribution in [-0.4, -0.2) is 28.9 Å². The van der Waals surface area contributed by atoms with Crippen molar-refractivity contribution in [1.82, 2.24) is 9.78 Å². The van der Waals surface area contributed by atoms with Crippen LogP contribution in [0.2, 0.25) is 0 Å². The van der Waals surface area contributed by atoms with Crippen molar-refractivity contribution in [2.45, 2.75) is 20.8 Å². The number of aromatic nitrogens is 2. The maximum atomic E-state index is 12.0. The molecule has 0 bridgehead atoms. The van der Waals surface area contributed by atoms with Crippen LogP contribution in [0.4, 0.5) is 0 Å². The van der Waals surface area contributed by atoms with Crippen LogP contribution in [0.5, 0.6) is 11.5 Å². The number of carbonyl (C=O) groups excluding carboxylic acids is 1. The first kappa shape index (κ1) is 14.1. The Bertz CT molecular complexity index is 605. The Balaban J connectivity index is 1.99. The molecule has 1 aromatic carbocycles. The fraction of sp³-hybridized carbons (Fsp3) is 0.333. The van der Waals surface area contributed by atoms with E-state index in [-0.39, 0.29) is 12.5 Å². The van der Waals surface area contributed by atoms with Crippen LogP contribution in [0.3, 0.4) is 0 Å². The Hall–Kier alpha value is -2.30. The SMILES string of the molecule is CCOc1cccc(OCC(=O)n2nc(C)cc2C)c1. The highest BCUT2D eigenvalue weighted by Gasteiger charge is 2.11. The zero-order valence-corrected chi connectivity index (χ0v) is 11.9. The zero-order chi connectivity index (χ0) is 14.5. The second-order valence-electron chi connectivity index (χ2n) is 4.43. The van der Waals surface area contributed by atoms with Crippen LogP contribution in [0, 0.1) is 13.8 Å². The van der Waals surface area contributed by atoms with Gasteiger partial charge in [0.1, 0.15) is 11.5 Å². The molecule has 0 fully saturated rings. The molecular weight excluding hydrogens is 256 g/mol. The van der Waals surface area contributed by atoms with Crippen molar-refractivity contribution >= 4 is 5.91 Å². The fourth-order valence-corrected chi connectivity index (χ4v) is 1.91. The molecule has 0 radical (unpaired) electrons. The Kier molecular flexibility index (Phi) is 4.40. The van der Waals surface area contributed by atoms with Gasteiger partial charge in [-0.1, -0.05) is 6.07 Å². The Morgan fingerprint density at radius 2 is 1.90 bits per heavy atom. The van der Waals surface area contributed by atoms with Gasteiger partial charge >= 0.3 is 0 Å². The van der Waals surface area contributed by atoms with Crippen molar-refractivity contribution in [3.8, 4) is 11.5 Å². The van der Waals surface area contributed by atoms with E-state index in [0.717, 1.165) is 17.1 Å². The minimum atomic E-state index is -0.197.